The van der Waals surface area contributed by atoms with Gasteiger partial charge in [0.1, 0.15) is 17.3 Å². The summed E-state index contributed by atoms with van der Waals surface area (Å²) in [6.45, 7) is 5.32. The predicted octanol–water partition coefficient (Wildman–Crippen LogP) is 1.94. The molecule has 0 unspecified atom stereocenters. The van der Waals surface area contributed by atoms with Gasteiger partial charge in [0.2, 0.25) is 15.9 Å². The number of aromatic nitrogens is 2. The molecular weight excluding hydrogens is 359 g/mol. The van der Waals surface area contributed by atoms with E-state index in [-0.39, 0.29) is 23.2 Å². The minimum Gasteiger partial charge on any atom is -0.311 e. The number of carbonyl (C=O) groups is 1. The van der Waals surface area contributed by atoms with Crippen LogP contribution in [0.25, 0.3) is 0 Å². The van der Waals surface area contributed by atoms with Gasteiger partial charge in [-0.25, -0.2) is 17.1 Å². The number of hydrogen-bond acceptors (Lipinski definition) is 4. The molecule has 142 valence electrons. The summed E-state index contributed by atoms with van der Waals surface area (Å²) >= 11 is 0. The summed E-state index contributed by atoms with van der Waals surface area (Å²) in [6.07, 6.45) is 0. The van der Waals surface area contributed by atoms with Crippen LogP contribution in [0.3, 0.4) is 0 Å². The molecule has 1 aromatic heterocycles. The van der Waals surface area contributed by atoms with Crippen LogP contribution in [0.5, 0.6) is 0 Å². The van der Waals surface area contributed by atoms with Gasteiger partial charge in [-0.3, -0.25) is 9.48 Å². The first-order valence-corrected chi connectivity index (χ1v) is 9.56. The lowest BCUT2D eigenvalue weighted by atomic mass is 10.2. The van der Waals surface area contributed by atoms with E-state index in [9.17, 15) is 17.6 Å². The molecule has 1 amide bonds. The minimum atomic E-state index is -3.65. The Bertz CT molecular complexity index is 905. The first kappa shape index (κ1) is 20.1. The molecule has 9 heteroatoms. The molecule has 7 nitrogen and oxygen atoms in total. The van der Waals surface area contributed by atoms with E-state index in [1.54, 1.807) is 13.8 Å². The van der Waals surface area contributed by atoms with Crippen LogP contribution < -0.4 is 4.90 Å². The minimum absolute atomic E-state index is 0.110. The summed E-state index contributed by atoms with van der Waals surface area (Å²) in [7, 11) is -0.756. The summed E-state index contributed by atoms with van der Waals surface area (Å²) in [6, 6.07) is 5.63. The van der Waals surface area contributed by atoms with Crippen LogP contribution in [0.2, 0.25) is 0 Å². The number of likely N-dealkylation sites (N-methyl/N-ethyl adjacent to an activating group) is 1. The Morgan fingerprint density at radius 2 is 1.77 bits per heavy atom. The van der Waals surface area contributed by atoms with Gasteiger partial charge in [-0.05, 0) is 45.0 Å². The summed E-state index contributed by atoms with van der Waals surface area (Å²) in [4.78, 5) is 14.3. The zero-order chi connectivity index (χ0) is 19.6. The van der Waals surface area contributed by atoms with Crippen molar-refractivity contribution in [1.82, 2.24) is 14.1 Å². The Morgan fingerprint density at radius 1 is 1.19 bits per heavy atom. The van der Waals surface area contributed by atoms with E-state index < -0.39 is 10.0 Å². The molecule has 0 saturated carbocycles. The molecule has 0 atom stereocenters. The topological polar surface area (TPSA) is 75.5 Å². The van der Waals surface area contributed by atoms with E-state index in [1.807, 2.05) is 6.92 Å². The zero-order valence-electron chi connectivity index (χ0n) is 15.5. The SMILES string of the molecule is CCN(C(=O)Cn1nc(C)c(S(=O)(=O)N(C)C)c1C)c1ccc(F)cc1. The molecule has 26 heavy (non-hydrogen) atoms. The van der Waals surface area contributed by atoms with Gasteiger partial charge in [-0.15, -0.1) is 0 Å². The standard InChI is InChI=1S/C17H23FN4O3S/c1-6-21(15-9-7-14(18)8-10-15)16(23)11-22-13(3)17(12(2)19-22)26(24,25)20(4)5/h7-10H,6,11H2,1-5H3. The number of rotatable bonds is 6. The van der Waals surface area contributed by atoms with E-state index in [1.165, 1.54) is 47.9 Å². The Labute approximate surface area is 153 Å². The molecule has 2 rings (SSSR count). The Morgan fingerprint density at radius 3 is 2.27 bits per heavy atom. The number of benzene rings is 1. The Balaban J connectivity index is 2.33. The van der Waals surface area contributed by atoms with E-state index in [0.717, 1.165) is 4.31 Å². The fourth-order valence-electron chi connectivity index (χ4n) is 2.73. The zero-order valence-corrected chi connectivity index (χ0v) is 16.3. The second-order valence-electron chi connectivity index (χ2n) is 6.06. The van der Waals surface area contributed by atoms with Crippen LogP contribution in [0.1, 0.15) is 18.3 Å². The molecule has 2 aromatic rings. The van der Waals surface area contributed by atoms with Gasteiger partial charge < -0.3 is 4.90 Å². The maximum Gasteiger partial charge on any atom is 0.248 e. The van der Waals surface area contributed by atoms with Crippen molar-refractivity contribution in [3.05, 3.63) is 41.5 Å². The molecular formula is C17H23FN4O3S. The summed E-state index contributed by atoms with van der Waals surface area (Å²) in [5.41, 5.74) is 1.31. The van der Waals surface area contributed by atoms with Gasteiger partial charge >= 0.3 is 0 Å². The molecule has 0 spiro atoms. The van der Waals surface area contributed by atoms with Crippen LogP contribution in [-0.4, -0.2) is 49.1 Å². The van der Waals surface area contributed by atoms with Crippen LogP contribution in [0, 0.1) is 19.7 Å². The van der Waals surface area contributed by atoms with Crippen molar-refractivity contribution < 1.29 is 17.6 Å². The van der Waals surface area contributed by atoms with Crippen molar-refractivity contribution >= 4 is 21.6 Å². The third-order valence-electron chi connectivity index (χ3n) is 4.09. The number of anilines is 1. The quantitative estimate of drug-likeness (QED) is 0.765. The number of halogens is 1. The van der Waals surface area contributed by atoms with Crippen LogP contribution in [-0.2, 0) is 21.4 Å². The fraction of sp³-hybridized carbons (Fsp3) is 0.412. The lowest BCUT2D eigenvalue weighted by Crippen LogP contribution is -2.34. The number of nitrogens with zero attached hydrogens (tertiary/aromatic N) is 4. The van der Waals surface area contributed by atoms with E-state index in [2.05, 4.69) is 5.10 Å². The number of carbonyl (C=O) groups excluding carboxylic acids is 1. The lowest BCUT2D eigenvalue weighted by molar-refractivity contribution is -0.119. The molecule has 0 radical (unpaired) electrons. The third-order valence-corrected chi connectivity index (χ3v) is 6.16. The highest BCUT2D eigenvalue weighted by Crippen LogP contribution is 2.22. The van der Waals surface area contributed by atoms with Crippen molar-refractivity contribution in [2.24, 2.45) is 0 Å². The van der Waals surface area contributed by atoms with Crippen molar-refractivity contribution in [3.8, 4) is 0 Å². The second kappa shape index (κ2) is 7.55. The van der Waals surface area contributed by atoms with Crippen LogP contribution >= 0.6 is 0 Å². The average molecular weight is 382 g/mol. The number of amides is 1. The molecule has 0 fully saturated rings. The highest BCUT2D eigenvalue weighted by Gasteiger charge is 2.27. The monoisotopic (exact) mass is 382 g/mol. The van der Waals surface area contributed by atoms with Crippen LogP contribution in [0.15, 0.2) is 29.2 Å². The van der Waals surface area contributed by atoms with Crippen molar-refractivity contribution in [2.45, 2.75) is 32.2 Å². The highest BCUT2D eigenvalue weighted by atomic mass is 32.2. The highest BCUT2D eigenvalue weighted by molar-refractivity contribution is 7.89. The van der Waals surface area contributed by atoms with E-state index >= 15 is 0 Å². The summed E-state index contributed by atoms with van der Waals surface area (Å²) in [5.74, 6) is -0.646. The van der Waals surface area contributed by atoms with E-state index in [4.69, 9.17) is 0 Å². The third kappa shape index (κ3) is 3.78. The smallest absolute Gasteiger partial charge is 0.248 e. The number of aryl methyl sites for hydroxylation is 1. The van der Waals surface area contributed by atoms with Crippen molar-refractivity contribution in [1.29, 1.82) is 0 Å². The van der Waals surface area contributed by atoms with Crippen LogP contribution in [0.4, 0.5) is 10.1 Å². The normalized spacial score (nSPS) is 11.8. The van der Waals surface area contributed by atoms with Gasteiger partial charge in [-0.1, -0.05) is 0 Å². The maximum atomic E-state index is 13.1. The molecule has 1 aromatic carbocycles. The van der Waals surface area contributed by atoms with E-state index in [0.29, 0.717) is 23.6 Å². The summed E-state index contributed by atoms with van der Waals surface area (Å²) in [5, 5.41) is 4.23. The van der Waals surface area contributed by atoms with Gasteiger partial charge in [0, 0.05) is 26.3 Å². The lowest BCUT2D eigenvalue weighted by Gasteiger charge is -2.21. The first-order valence-electron chi connectivity index (χ1n) is 8.12. The van der Waals surface area contributed by atoms with Crippen molar-refractivity contribution in [3.63, 3.8) is 0 Å². The molecule has 0 saturated heterocycles. The van der Waals surface area contributed by atoms with Gasteiger partial charge in [-0.2, -0.15) is 5.10 Å². The number of sulfonamides is 1. The summed E-state index contributed by atoms with van der Waals surface area (Å²) < 4.78 is 40.5. The molecule has 0 N–H and O–H groups in total. The molecule has 0 aliphatic rings. The maximum absolute atomic E-state index is 13.1. The largest absolute Gasteiger partial charge is 0.311 e. The molecule has 1 heterocycles. The number of hydrogen-bond donors (Lipinski definition) is 0. The van der Waals surface area contributed by atoms with Gasteiger partial charge in [0.05, 0.1) is 11.4 Å². The Hall–Kier alpha value is -2.26. The first-order chi connectivity index (χ1) is 12.1. The average Bonchev–Trinajstić information content (AvgIpc) is 2.84. The second-order valence-corrected chi connectivity index (χ2v) is 8.15. The molecule has 0 aliphatic carbocycles. The van der Waals surface area contributed by atoms with Gasteiger partial charge in [0.15, 0.2) is 0 Å². The van der Waals surface area contributed by atoms with Gasteiger partial charge in [0.25, 0.3) is 0 Å². The predicted molar refractivity (Wildman–Crippen MR) is 97.0 cm³/mol. The molecule has 0 aliphatic heterocycles. The fourth-order valence-corrected chi connectivity index (χ4v) is 3.99. The molecule has 0 bridgehead atoms. The Kier molecular flexibility index (Phi) is 5.82. The van der Waals surface area contributed by atoms with Crippen molar-refractivity contribution in [2.75, 3.05) is 25.5 Å².